The van der Waals surface area contributed by atoms with Gasteiger partial charge in [0, 0.05) is 5.56 Å². The van der Waals surface area contributed by atoms with Crippen LogP contribution < -0.4 is 10.5 Å². The van der Waals surface area contributed by atoms with E-state index >= 15 is 0 Å². The van der Waals surface area contributed by atoms with Crippen molar-refractivity contribution >= 4 is 11.9 Å². The lowest BCUT2D eigenvalue weighted by Gasteiger charge is -2.13. The molecule has 2 aromatic rings. The number of hydrogen-bond acceptors (Lipinski definition) is 3. The summed E-state index contributed by atoms with van der Waals surface area (Å²) in [5.41, 5.74) is 7.74. The molecule has 0 bridgehead atoms. The van der Waals surface area contributed by atoms with Gasteiger partial charge in [-0.05, 0) is 54.7 Å². The lowest BCUT2D eigenvalue weighted by atomic mass is 9.97. The van der Waals surface area contributed by atoms with E-state index in [9.17, 15) is 9.59 Å². The van der Waals surface area contributed by atoms with Crippen molar-refractivity contribution in [2.75, 3.05) is 0 Å². The van der Waals surface area contributed by atoms with Crippen molar-refractivity contribution in [1.82, 2.24) is 0 Å². The Labute approximate surface area is 142 Å². The highest BCUT2D eigenvalue weighted by Crippen LogP contribution is 2.21. The topological polar surface area (TPSA) is 69.4 Å². The fourth-order valence-electron chi connectivity index (χ4n) is 2.44. The fraction of sp³-hybridized carbons (Fsp3) is 0.300. The highest BCUT2D eigenvalue weighted by molar-refractivity contribution is 5.92. The Hall–Kier alpha value is -2.62. The Balaban J connectivity index is 2.02. The standard InChI is InChI=1S/C20H23NO3/c1-13(2)12-15-4-6-16(7-5-15)14(3)20(23)24-18-10-8-17(9-11-18)19(21)22/h4-11,13-14H,12H2,1-3H3,(H2,21,22). The quantitative estimate of drug-likeness (QED) is 0.650. The van der Waals surface area contributed by atoms with Crippen LogP contribution in [0.1, 0.15) is 48.2 Å². The summed E-state index contributed by atoms with van der Waals surface area (Å²) in [6.45, 7) is 6.17. The van der Waals surface area contributed by atoms with Crippen LogP contribution in [0.25, 0.3) is 0 Å². The molecule has 0 saturated heterocycles. The molecule has 2 rings (SSSR count). The van der Waals surface area contributed by atoms with Crippen molar-refractivity contribution in [2.24, 2.45) is 11.7 Å². The second kappa shape index (κ2) is 7.77. The van der Waals surface area contributed by atoms with Crippen molar-refractivity contribution in [3.05, 3.63) is 65.2 Å². The highest BCUT2D eigenvalue weighted by Gasteiger charge is 2.17. The maximum atomic E-state index is 12.3. The van der Waals surface area contributed by atoms with Gasteiger partial charge in [-0.15, -0.1) is 0 Å². The van der Waals surface area contributed by atoms with Gasteiger partial charge >= 0.3 is 5.97 Å². The minimum atomic E-state index is -0.511. The number of carbonyl (C=O) groups is 2. The number of benzene rings is 2. The molecule has 126 valence electrons. The molecule has 0 aromatic heterocycles. The molecular weight excluding hydrogens is 302 g/mol. The van der Waals surface area contributed by atoms with E-state index < -0.39 is 5.91 Å². The number of carbonyl (C=O) groups excluding carboxylic acids is 2. The molecule has 4 nitrogen and oxygen atoms in total. The number of rotatable bonds is 6. The van der Waals surface area contributed by atoms with Crippen molar-refractivity contribution < 1.29 is 14.3 Å². The Bertz CT molecular complexity index is 703. The second-order valence-electron chi connectivity index (χ2n) is 6.37. The first-order valence-electron chi connectivity index (χ1n) is 8.07. The highest BCUT2D eigenvalue weighted by atomic mass is 16.5. The third-order valence-electron chi connectivity index (χ3n) is 3.83. The van der Waals surface area contributed by atoms with Crippen molar-refractivity contribution in [1.29, 1.82) is 0 Å². The first-order valence-corrected chi connectivity index (χ1v) is 8.07. The molecule has 0 aliphatic heterocycles. The van der Waals surface area contributed by atoms with Crippen LogP contribution in [0.3, 0.4) is 0 Å². The van der Waals surface area contributed by atoms with Gasteiger partial charge in [0.15, 0.2) is 0 Å². The Morgan fingerprint density at radius 3 is 2.04 bits per heavy atom. The maximum absolute atomic E-state index is 12.3. The smallest absolute Gasteiger partial charge is 0.318 e. The number of esters is 1. The molecule has 0 aliphatic carbocycles. The molecule has 24 heavy (non-hydrogen) atoms. The van der Waals surface area contributed by atoms with Crippen LogP contribution in [0, 0.1) is 5.92 Å². The molecule has 1 atom stereocenters. The van der Waals surface area contributed by atoms with Crippen LogP contribution in [0.5, 0.6) is 5.75 Å². The molecule has 0 radical (unpaired) electrons. The van der Waals surface area contributed by atoms with Crippen LogP contribution >= 0.6 is 0 Å². The lowest BCUT2D eigenvalue weighted by molar-refractivity contribution is -0.135. The van der Waals surface area contributed by atoms with Gasteiger partial charge < -0.3 is 10.5 Å². The van der Waals surface area contributed by atoms with Crippen molar-refractivity contribution in [3.8, 4) is 5.75 Å². The minimum Gasteiger partial charge on any atom is -0.426 e. The van der Waals surface area contributed by atoms with Crippen LogP contribution in [-0.2, 0) is 11.2 Å². The maximum Gasteiger partial charge on any atom is 0.318 e. The summed E-state index contributed by atoms with van der Waals surface area (Å²) >= 11 is 0. The Kier molecular flexibility index (Phi) is 5.74. The van der Waals surface area contributed by atoms with Gasteiger partial charge in [-0.25, -0.2) is 0 Å². The zero-order valence-electron chi connectivity index (χ0n) is 14.3. The minimum absolute atomic E-state index is 0.335. The molecule has 4 heteroatoms. The average Bonchev–Trinajstić information content (AvgIpc) is 2.54. The summed E-state index contributed by atoms with van der Waals surface area (Å²) in [6.07, 6.45) is 1.02. The largest absolute Gasteiger partial charge is 0.426 e. The third kappa shape index (κ3) is 4.69. The summed E-state index contributed by atoms with van der Waals surface area (Å²) < 4.78 is 5.37. The molecule has 0 fully saturated rings. The summed E-state index contributed by atoms with van der Waals surface area (Å²) in [7, 11) is 0. The van der Waals surface area contributed by atoms with Gasteiger partial charge in [0.25, 0.3) is 0 Å². The first kappa shape index (κ1) is 17.7. The number of hydrogen-bond donors (Lipinski definition) is 1. The van der Waals surface area contributed by atoms with E-state index in [0.29, 0.717) is 17.2 Å². The van der Waals surface area contributed by atoms with Gasteiger partial charge in [0.2, 0.25) is 5.91 Å². The van der Waals surface area contributed by atoms with Crippen LogP contribution in [-0.4, -0.2) is 11.9 Å². The molecule has 0 aliphatic rings. The number of ether oxygens (including phenoxy) is 1. The molecule has 2 aromatic carbocycles. The van der Waals surface area contributed by atoms with E-state index in [1.165, 1.54) is 17.7 Å². The van der Waals surface area contributed by atoms with Crippen LogP contribution in [0.2, 0.25) is 0 Å². The van der Waals surface area contributed by atoms with E-state index in [4.69, 9.17) is 10.5 Å². The normalized spacial score (nSPS) is 12.0. The van der Waals surface area contributed by atoms with Crippen molar-refractivity contribution in [2.45, 2.75) is 33.1 Å². The monoisotopic (exact) mass is 325 g/mol. The van der Waals surface area contributed by atoms with Gasteiger partial charge in [-0.1, -0.05) is 38.1 Å². The summed E-state index contributed by atoms with van der Waals surface area (Å²) in [5.74, 6) is -0.218. The van der Waals surface area contributed by atoms with Crippen LogP contribution in [0.15, 0.2) is 48.5 Å². The number of amides is 1. The zero-order chi connectivity index (χ0) is 17.7. The molecule has 1 unspecified atom stereocenters. The van der Waals surface area contributed by atoms with Crippen molar-refractivity contribution in [3.63, 3.8) is 0 Å². The Morgan fingerprint density at radius 1 is 0.958 bits per heavy atom. The second-order valence-corrected chi connectivity index (χ2v) is 6.37. The number of nitrogens with two attached hydrogens (primary N) is 1. The van der Waals surface area contributed by atoms with Gasteiger partial charge in [-0.3, -0.25) is 9.59 Å². The summed E-state index contributed by atoms with van der Waals surface area (Å²) in [6, 6.07) is 14.3. The number of primary amides is 1. The molecule has 2 N–H and O–H groups in total. The van der Waals surface area contributed by atoms with Gasteiger partial charge in [0.1, 0.15) is 5.75 Å². The predicted molar refractivity (Wildman–Crippen MR) is 94.0 cm³/mol. The zero-order valence-corrected chi connectivity index (χ0v) is 14.3. The summed E-state index contributed by atoms with van der Waals surface area (Å²) in [5, 5.41) is 0. The van der Waals surface area contributed by atoms with E-state index in [-0.39, 0.29) is 11.9 Å². The van der Waals surface area contributed by atoms with E-state index in [2.05, 4.69) is 26.0 Å². The van der Waals surface area contributed by atoms with Gasteiger partial charge in [-0.2, -0.15) is 0 Å². The van der Waals surface area contributed by atoms with Crippen LogP contribution in [0.4, 0.5) is 0 Å². The molecule has 0 spiro atoms. The van der Waals surface area contributed by atoms with E-state index in [1.54, 1.807) is 12.1 Å². The summed E-state index contributed by atoms with van der Waals surface area (Å²) in [4.78, 5) is 23.3. The van der Waals surface area contributed by atoms with E-state index in [1.807, 2.05) is 19.1 Å². The lowest BCUT2D eigenvalue weighted by Crippen LogP contribution is -2.16. The molecule has 0 saturated carbocycles. The third-order valence-corrected chi connectivity index (χ3v) is 3.83. The molecule has 0 heterocycles. The molecule has 1 amide bonds. The predicted octanol–water partition coefficient (Wildman–Crippen LogP) is 3.69. The van der Waals surface area contributed by atoms with E-state index in [0.717, 1.165) is 12.0 Å². The Morgan fingerprint density at radius 2 is 1.54 bits per heavy atom. The van der Waals surface area contributed by atoms with Gasteiger partial charge in [0.05, 0.1) is 5.92 Å². The SMILES string of the molecule is CC(C)Cc1ccc(C(C)C(=O)Oc2ccc(C(N)=O)cc2)cc1. The first-order chi connectivity index (χ1) is 11.4. The average molecular weight is 325 g/mol. The molecular formula is C20H23NO3. The fourth-order valence-corrected chi connectivity index (χ4v) is 2.44.